The first kappa shape index (κ1) is 12.0. The zero-order chi connectivity index (χ0) is 11.3. The summed E-state index contributed by atoms with van der Waals surface area (Å²) in [6, 6.07) is 0.0909. The van der Waals surface area contributed by atoms with Crippen LogP contribution in [0.1, 0.15) is 19.8 Å². The topological polar surface area (TPSA) is 67.4 Å². The Hall–Kier alpha value is -1.10. The minimum atomic E-state index is -0.206. The maximum atomic E-state index is 11.6. The summed E-state index contributed by atoms with van der Waals surface area (Å²) in [7, 11) is 1.63. The van der Waals surface area contributed by atoms with Gasteiger partial charge in [0.2, 0.25) is 11.8 Å². The SMILES string of the molecule is COCCC(C)NC(=O)C1CNC(=O)C1. The van der Waals surface area contributed by atoms with E-state index >= 15 is 0 Å². The molecule has 0 aliphatic carbocycles. The third kappa shape index (κ3) is 3.87. The molecule has 0 bridgehead atoms. The van der Waals surface area contributed by atoms with Crippen molar-refractivity contribution >= 4 is 11.8 Å². The molecular formula is C10H18N2O3. The predicted octanol–water partition coefficient (Wildman–Crippen LogP) is -0.336. The summed E-state index contributed by atoms with van der Waals surface area (Å²) in [4.78, 5) is 22.5. The van der Waals surface area contributed by atoms with Crippen LogP contribution in [0.4, 0.5) is 0 Å². The summed E-state index contributed by atoms with van der Waals surface area (Å²) in [5.74, 6) is -0.292. The molecule has 0 radical (unpaired) electrons. The summed E-state index contributed by atoms with van der Waals surface area (Å²) < 4.78 is 4.92. The maximum Gasteiger partial charge on any atom is 0.225 e. The predicted molar refractivity (Wildman–Crippen MR) is 55.2 cm³/mol. The van der Waals surface area contributed by atoms with Crippen molar-refractivity contribution in [3.05, 3.63) is 0 Å². The monoisotopic (exact) mass is 214 g/mol. The fourth-order valence-corrected chi connectivity index (χ4v) is 1.52. The van der Waals surface area contributed by atoms with Crippen LogP contribution in [0.2, 0.25) is 0 Å². The van der Waals surface area contributed by atoms with Crippen molar-refractivity contribution in [3.63, 3.8) is 0 Å². The molecule has 15 heavy (non-hydrogen) atoms. The van der Waals surface area contributed by atoms with Gasteiger partial charge in [-0.2, -0.15) is 0 Å². The fraction of sp³-hybridized carbons (Fsp3) is 0.800. The maximum absolute atomic E-state index is 11.6. The number of nitrogens with one attached hydrogen (secondary N) is 2. The molecule has 0 aromatic rings. The third-order valence-electron chi connectivity index (χ3n) is 2.49. The van der Waals surface area contributed by atoms with Crippen molar-refractivity contribution in [3.8, 4) is 0 Å². The molecule has 1 aliphatic rings. The molecule has 1 fully saturated rings. The number of amides is 2. The van der Waals surface area contributed by atoms with Gasteiger partial charge in [-0.25, -0.2) is 0 Å². The number of methoxy groups -OCH3 is 1. The number of carbonyl (C=O) groups is 2. The highest BCUT2D eigenvalue weighted by Gasteiger charge is 2.28. The summed E-state index contributed by atoms with van der Waals surface area (Å²) in [5.41, 5.74) is 0. The van der Waals surface area contributed by atoms with E-state index in [0.717, 1.165) is 6.42 Å². The van der Waals surface area contributed by atoms with E-state index in [1.165, 1.54) is 0 Å². The van der Waals surface area contributed by atoms with Crippen molar-refractivity contribution in [1.29, 1.82) is 0 Å². The van der Waals surface area contributed by atoms with Gasteiger partial charge in [-0.3, -0.25) is 9.59 Å². The molecule has 2 unspecified atom stereocenters. The largest absolute Gasteiger partial charge is 0.385 e. The first-order chi connectivity index (χ1) is 7.13. The van der Waals surface area contributed by atoms with Gasteiger partial charge in [-0.15, -0.1) is 0 Å². The number of carbonyl (C=O) groups excluding carboxylic acids is 2. The quantitative estimate of drug-likeness (QED) is 0.658. The van der Waals surface area contributed by atoms with Gasteiger partial charge in [-0.1, -0.05) is 0 Å². The molecule has 1 aliphatic heterocycles. The Morgan fingerprint density at radius 2 is 2.47 bits per heavy atom. The molecule has 86 valence electrons. The zero-order valence-electron chi connectivity index (χ0n) is 9.21. The Balaban J connectivity index is 2.25. The van der Waals surface area contributed by atoms with Gasteiger partial charge in [0.15, 0.2) is 0 Å². The standard InChI is InChI=1S/C10H18N2O3/c1-7(3-4-15-2)12-10(14)8-5-9(13)11-6-8/h7-8H,3-6H2,1-2H3,(H,11,13)(H,12,14). The molecule has 2 N–H and O–H groups in total. The summed E-state index contributed by atoms with van der Waals surface area (Å²) in [5, 5.41) is 5.51. The molecule has 2 amide bonds. The van der Waals surface area contributed by atoms with Crippen molar-refractivity contribution < 1.29 is 14.3 Å². The van der Waals surface area contributed by atoms with Crippen LogP contribution in [0, 0.1) is 5.92 Å². The molecule has 5 heteroatoms. The van der Waals surface area contributed by atoms with Crippen LogP contribution in [-0.4, -0.2) is 38.1 Å². The van der Waals surface area contributed by atoms with E-state index in [-0.39, 0.29) is 23.8 Å². The van der Waals surface area contributed by atoms with Crippen LogP contribution in [0.5, 0.6) is 0 Å². The van der Waals surface area contributed by atoms with E-state index in [2.05, 4.69) is 10.6 Å². The molecule has 0 spiro atoms. The van der Waals surface area contributed by atoms with Crippen LogP contribution in [0.25, 0.3) is 0 Å². The number of hydrogen-bond donors (Lipinski definition) is 2. The lowest BCUT2D eigenvalue weighted by molar-refractivity contribution is -0.127. The summed E-state index contributed by atoms with van der Waals surface area (Å²) >= 11 is 0. The summed E-state index contributed by atoms with van der Waals surface area (Å²) in [6.07, 6.45) is 1.10. The molecular weight excluding hydrogens is 196 g/mol. The fourth-order valence-electron chi connectivity index (χ4n) is 1.52. The van der Waals surface area contributed by atoms with Crippen molar-refractivity contribution in [1.82, 2.24) is 10.6 Å². The highest BCUT2D eigenvalue weighted by Crippen LogP contribution is 2.09. The van der Waals surface area contributed by atoms with Gasteiger partial charge in [0.05, 0.1) is 5.92 Å². The Labute approximate surface area is 89.6 Å². The minimum Gasteiger partial charge on any atom is -0.385 e. The Bertz CT molecular complexity index is 243. The highest BCUT2D eigenvalue weighted by atomic mass is 16.5. The van der Waals surface area contributed by atoms with E-state index in [9.17, 15) is 9.59 Å². The zero-order valence-corrected chi connectivity index (χ0v) is 9.21. The van der Waals surface area contributed by atoms with Crippen molar-refractivity contribution in [2.75, 3.05) is 20.3 Å². The number of hydrogen-bond acceptors (Lipinski definition) is 3. The molecule has 1 rings (SSSR count). The first-order valence-corrected chi connectivity index (χ1v) is 5.19. The van der Waals surface area contributed by atoms with Gasteiger partial charge in [0, 0.05) is 32.7 Å². The lowest BCUT2D eigenvalue weighted by Gasteiger charge is -2.15. The van der Waals surface area contributed by atoms with Gasteiger partial charge in [0.25, 0.3) is 0 Å². The molecule has 2 atom stereocenters. The Kier molecular flexibility index (Phi) is 4.55. The van der Waals surface area contributed by atoms with Crippen LogP contribution < -0.4 is 10.6 Å². The minimum absolute atomic E-state index is 0.0419. The van der Waals surface area contributed by atoms with E-state index in [1.807, 2.05) is 6.92 Å². The average Bonchev–Trinajstić information content (AvgIpc) is 2.61. The van der Waals surface area contributed by atoms with Gasteiger partial charge in [-0.05, 0) is 13.3 Å². The normalized spacial score (nSPS) is 22.3. The average molecular weight is 214 g/mol. The van der Waals surface area contributed by atoms with Gasteiger partial charge >= 0.3 is 0 Å². The van der Waals surface area contributed by atoms with Crippen molar-refractivity contribution in [2.45, 2.75) is 25.8 Å². The molecule has 0 aromatic carbocycles. The highest BCUT2D eigenvalue weighted by molar-refractivity contribution is 5.89. The van der Waals surface area contributed by atoms with E-state index in [1.54, 1.807) is 7.11 Å². The molecule has 1 heterocycles. The van der Waals surface area contributed by atoms with Crippen LogP contribution in [0.3, 0.4) is 0 Å². The Morgan fingerprint density at radius 3 is 3.00 bits per heavy atom. The smallest absolute Gasteiger partial charge is 0.225 e. The Morgan fingerprint density at radius 1 is 1.73 bits per heavy atom. The second kappa shape index (κ2) is 5.70. The molecule has 0 saturated carbocycles. The second-order valence-corrected chi connectivity index (χ2v) is 3.90. The van der Waals surface area contributed by atoms with Crippen LogP contribution in [-0.2, 0) is 14.3 Å². The lowest BCUT2D eigenvalue weighted by Crippen LogP contribution is -2.38. The number of rotatable bonds is 5. The van der Waals surface area contributed by atoms with E-state index in [4.69, 9.17) is 4.74 Å². The number of ether oxygens (including phenoxy) is 1. The molecule has 0 aromatic heterocycles. The summed E-state index contributed by atoms with van der Waals surface area (Å²) in [6.45, 7) is 3.02. The van der Waals surface area contributed by atoms with Crippen molar-refractivity contribution in [2.24, 2.45) is 5.92 Å². The van der Waals surface area contributed by atoms with E-state index < -0.39 is 0 Å². The van der Waals surface area contributed by atoms with Gasteiger partial charge in [0.1, 0.15) is 0 Å². The van der Waals surface area contributed by atoms with Gasteiger partial charge < -0.3 is 15.4 Å². The lowest BCUT2D eigenvalue weighted by atomic mass is 10.1. The van der Waals surface area contributed by atoms with E-state index in [0.29, 0.717) is 19.6 Å². The molecule has 1 saturated heterocycles. The first-order valence-electron chi connectivity index (χ1n) is 5.19. The van der Waals surface area contributed by atoms with Crippen LogP contribution in [0.15, 0.2) is 0 Å². The molecule has 5 nitrogen and oxygen atoms in total. The second-order valence-electron chi connectivity index (χ2n) is 3.90. The third-order valence-corrected chi connectivity index (χ3v) is 2.49. The van der Waals surface area contributed by atoms with Crippen LogP contribution >= 0.6 is 0 Å².